The Morgan fingerprint density at radius 1 is 1.08 bits per heavy atom. The highest BCUT2D eigenvalue weighted by Gasteiger charge is 2.20. The Kier molecular flexibility index (Phi) is 3.93. The van der Waals surface area contributed by atoms with Gasteiger partial charge in [0.2, 0.25) is 0 Å². The molecule has 2 aliphatic rings. The molecule has 2 aromatic rings. The van der Waals surface area contributed by atoms with Gasteiger partial charge in [0, 0.05) is 0 Å². The molecule has 0 saturated carbocycles. The number of aliphatic hydroxyl groups is 1. The van der Waals surface area contributed by atoms with E-state index in [1.54, 1.807) is 0 Å². The first-order valence-corrected chi connectivity index (χ1v) is 8.46. The van der Waals surface area contributed by atoms with Gasteiger partial charge in [-0.15, -0.1) is 0 Å². The lowest BCUT2D eigenvalue weighted by atomic mass is 9.89. The molecule has 0 aliphatic heterocycles. The van der Waals surface area contributed by atoms with Gasteiger partial charge in [-0.2, -0.15) is 0 Å². The second-order valence-electron chi connectivity index (χ2n) is 6.35. The molecule has 0 spiro atoms. The SMILES string of the molecule is NCCC1=C/C(=C\c2cccc3c2C(O)C=CC3)c2ccccc21. The second-order valence-corrected chi connectivity index (χ2v) is 6.35. The molecule has 2 heteroatoms. The molecule has 2 aromatic carbocycles. The summed E-state index contributed by atoms with van der Waals surface area (Å²) in [4.78, 5) is 0. The summed E-state index contributed by atoms with van der Waals surface area (Å²) in [5, 5.41) is 10.4. The summed E-state index contributed by atoms with van der Waals surface area (Å²) in [6.45, 7) is 0.650. The zero-order chi connectivity index (χ0) is 16.5. The van der Waals surface area contributed by atoms with Gasteiger partial charge >= 0.3 is 0 Å². The molecule has 3 N–H and O–H groups in total. The second kappa shape index (κ2) is 6.23. The fourth-order valence-electron chi connectivity index (χ4n) is 3.72. The van der Waals surface area contributed by atoms with Crippen LogP contribution < -0.4 is 5.73 Å². The van der Waals surface area contributed by atoms with E-state index in [4.69, 9.17) is 5.73 Å². The van der Waals surface area contributed by atoms with Crippen LogP contribution in [-0.2, 0) is 6.42 Å². The van der Waals surface area contributed by atoms with Gasteiger partial charge in [-0.05, 0) is 64.4 Å². The Hall–Kier alpha value is -2.42. The minimum Gasteiger partial charge on any atom is -0.384 e. The lowest BCUT2D eigenvalue weighted by Crippen LogP contribution is -2.06. The van der Waals surface area contributed by atoms with Crippen LogP contribution in [0.5, 0.6) is 0 Å². The van der Waals surface area contributed by atoms with Crippen LogP contribution in [0.2, 0.25) is 0 Å². The number of fused-ring (bicyclic) bond motifs is 2. The van der Waals surface area contributed by atoms with Crippen molar-refractivity contribution in [2.75, 3.05) is 6.54 Å². The first-order valence-electron chi connectivity index (χ1n) is 8.46. The fraction of sp³-hybridized carbons (Fsp3) is 0.182. The van der Waals surface area contributed by atoms with Crippen LogP contribution in [0.1, 0.15) is 40.3 Å². The first-order chi connectivity index (χ1) is 11.8. The van der Waals surface area contributed by atoms with Crippen molar-refractivity contribution in [3.63, 3.8) is 0 Å². The van der Waals surface area contributed by atoms with E-state index in [9.17, 15) is 5.11 Å². The molecule has 0 fully saturated rings. The number of rotatable bonds is 3. The van der Waals surface area contributed by atoms with Crippen LogP contribution in [0.15, 0.2) is 60.7 Å². The van der Waals surface area contributed by atoms with Gasteiger partial charge in [0.25, 0.3) is 0 Å². The quantitative estimate of drug-likeness (QED) is 0.837. The molecule has 2 aliphatic carbocycles. The highest BCUT2D eigenvalue weighted by Crippen LogP contribution is 2.39. The summed E-state index contributed by atoms with van der Waals surface area (Å²) in [5.41, 5.74) is 14.1. The van der Waals surface area contributed by atoms with Gasteiger partial charge in [-0.25, -0.2) is 0 Å². The zero-order valence-electron chi connectivity index (χ0n) is 13.6. The molecule has 24 heavy (non-hydrogen) atoms. The third-order valence-corrected chi connectivity index (χ3v) is 4.82. The van der Waals surface area contributed by atoms with Crippen LogP contribution in [-0.4, -0.2) is 11.7 Å². The van der Waals surface area contributed by atoms with Crippen LogP contribution in [0.4, 0.5) is 0 Å². The molecule has 0 bridgehead atoms. The topological polar surface area (TPSA) is 46.2 Å². The standard InChI is InChI=1S/C22H21NO/c23-12-11-16-13-18(20-9-2-1-8-19(16)20)14-17-7-3-5-15-6-4-10-21(24)22(15)17/h1-5,7-10,13-14,21,24H,6,11-12,23H2/b18-14+. The minimum absolute atomic E-state index is 0.522. The smallest absolute Gasteiger partial charge is 0.0980 e. The maximum Gasteiger partial charge on any atom is 0.0980 e. The summed E-state index contributed by atoms with van der Waals surface area (Å²) in [7, 11) is 0. The lowest BCUT2D eigenvalue weighted by molar-refractivity contribution is 0.225. The van der Waals surface area contributed by atoms with Crippen molar-refractivity contribution in [3.05, 3.63) is 88.5 Å². The molecule has 0 radical (unpaired) electrons. The fourth-order valence-corrected chi connectivity index (χ4v) is 3.72. The highest BCUT2D eigenvalue weighted by atomic mass is 16.3. The van der Waals surface area contributed by atoms with Crippen molar-refractivity contribution in [1.29, 1.82) is 0 Å². The normalized spacial score (nSPS) is 20.0. The third-order valence-electron chi connectivity index (χ3n) is 4.82. The van der Waals surface area contributed by atoms with Gasteiger partial charge in [-0.3, -0.25) is 0 Å². The average Bonchev–Trinajstić information content (AvgIpc) is 2.94. The van der Waals surface area contributed by atoms with E-state index in [-0.39, 0.29) is 0 Å². The molecule has 1 unspecified atom stereocenters. The maximum atomic E-state index is 10.4. The Labute approximate surface area is 142 Å². The number of nitrogens with two attached hydrogens (primary N) is 1. The molecule has 120 valence electrons. The van der Waals surface area contributed by atoms with Crippen molar-refractivity contribution in [2.24, 2.45) is 5.73 Å². The molecule has 4 rings (SSSR count). The number of benzene rings is 2. The number of aliphatic hydroxyl groups excluding tert-OH is 1. The van der Waals surface area contributed by atoms with Crippen LogP contribution in [0, 0.1) is 0 Å². The molecule has 0 saturated heterocycles. The number of hydrogen-bond acceptors (Lipinski definition) is 2. The highest BCUT2D eigenvalue weighted by molar-refractivity contribution is 6.02. The van der Waals surface area contributed by atoms with E-state index >= 15 is 0 Å². The third kappa shape index (κ3) is 2.54. The molecule has 0 heterocycles. The average molecular weight is 315 g/mol. The van der Waals surface area contributed by atoms with E-state index in [1.165, 1.54) is 27.8 Å². The van der Waals surface area contributed by atoms with Crippen LogP contribution in [0.3, 0.4) is 0 Å². The van der Waals surface area contributed by atoms with E-state index in [0.717, 1.165) is 24.0 Å². The Balaban J connectivity index is 1.83. The molecular weight excluding hydrogens is 294 g/mol. The lowest BCUT2D eigenvalue weighted by Gasteiger charge is -2.19. The number of hydrogen-bond donors (Lipinski definition) is 2. The summed E-state index contributed by atoms with van der Waals surface area (Å²) in [6, 6.07) is 14.7. The van der Waals surface area contributed by atoms with E-state index < -0.39 is 6.10 Å². The van der Waals surface area contributed by atoms with Gasteiger partial charge in [0.15, 0.2) is 0 Å². The molecule has 0 aromatic heterocycles. The van der Waals surface area contributed by atoms with E-state index in [1.807, 2.05) is 12.2 Å². The van der Waals surface area contributed by atoms with Crippen molar-refractivity contribution in [1.82, 2.24) is 0 Å². The largest absolute Gasteiger partial charge is 0.384 e. The first kappa shape index (κ1) is 15.1. The summed E-state index contributed by atoms with van der Waals surface area (Å²) in [5.74, 6) is 0. The molecule has 1 atom stereocenters. The van der Waals surface area contributed by atoms with Crippen LogP contribution in [0.25, 0.3) is 17.2 Å². The van der Waals surface area contributed by atoms with E-state index in [0.29, 0.717) is 6.54 Å². The van der Waals surface area contributed by atoms with Crippen molar-refractivity contribution >= 4 is 17.2 Å². The van der Waals surface area contributed by atoms with Crippen molar-refractivity contribution < 1.29 is 5.11 Å². The molecule has 2 nitrogen and oxygen atoms in total. The van der Waals surface area contributed by atoms with Crippen LogP contribution >= 0.6 is 0 Å². The Bertz CT molecular complexity index is 873. The van der Waals surface area contributed by atoms with Gasteiger partial charge in [-0.1, -0.05) is 60.7 Å². The van der Waals surface area contributed by atoms with Gasteiger partial charge < -0.3 is 10.8 Å². The molecule has 0 amide bonds. The monoisotopic (exact) mass is 315 g/mol. The van der Waals surface area contributed by atoms with Gasteiger partial charge in [0.05, 0.1) is 6.10 Å². The van der Waals surface area contributed by atoms with Gasteiger partial charge in [0.1, 0.15) is 0 Å². The Morgan fingerprint density at radius 2 is 1.92 bits per heavy atom. The minimum atomic E-state index is -0.522. The molecular formula is C22H21NO. The predicted molar refractivity (Wildman–Crippen MR) is 100 cm³/mol. The Morgan fingerprint density at radius 3 is 2.75 bits per heavy atom. The van der Waals surface area contributed by atoms with Crippen molar-refractivity contribution in [3.8, 4) is 0 Å². The zero-order valence-corrected chi connectivity index (χ0v) is 13.6. The van der Waals surface area contributed by atoms with E-state index in [2.05, 4.69) is 54.6 Å². The summed E-state index contributed by atoms with van der Waals surface area (Å²) >= 11 is 0. The summed E-state index contributed by atoms with van der Waals surface area (Å²) in [6.07, 6.45) is 9.59. The summed E-state index contributed by atoms with van der Waals surface area (Å²) < 4.78 is 0. The number of allylic oxidation sites excluding steroid dienone is 3. The maximum absolute atomic E-state index is 10.4. The predicted octanol–water partition coefficient (Wildman–Crippen LogP) is 4.12. The van der Waals surface area contributed by atoms with Crippen molar-refractivity contribution in [2.45, 2.75) is 18.9 Å².